The minimum absolute atomic E-state index is 0. The average molecular weight is 218 g/mol. The van der Waals surface area contributed by atoms with E-state index in [9.17, 15) is 4.79 Å². The second-order valence-corrected chi connectivity index (χ2v) is 3.91. The van der Waals surface area contributed by atoms with Crippen molar-refractivity contribution in [1.29, 1.82) is 0 Å². The van der Waals surface area contributed by atoms with Gasteiger partial charge in [0.15, 0.2) is 18.4 Å². The van der Waals surface area contributed by atoms with Gasteiger partial charge in [0.05, 0.1) is 0 Å². The lowest BCUT2D eigenvalue weighted by Gasteiger charge is -2.21. The summed E-state index contributed by atoms with van der Waals surface area (Å²) in [7, 11) is 1.52. The summed E-state index contributed by atoms with van der Waals surface area (Å²) in [6.07, 6.45) is -1.05. The minimum Gasteiger partial charge on any atom is -0.353 e. The van der Waals surface area contributed by atoms with Crippen LogP contribution in [0.1, 0.15) is 21.3 Å². The molecule has 2 saturated heterocycles. The Labute approximate surface area is 89.6 Å². The maximum absolute atomic E-state index is 10.7. The van der Waals surface area contributed by atoms with Gasteiger partial charge in [0, 0.05) is 7.11 Å². The van der Waals surface area contributed by atoms with Crippen molar-refractivity contribution in [3.05, 3.63) is 0 Å². The second-order valence-electron chi connectivity index (χ2n) is 3.91. The van der Waals surface area contributed by atoms with Gasteiger partial charge in [0.1, 0.15) is 18.3 Å². The SMILES string of the molecule is C.COC1OC(C=O)C2OC(C)(C)OC12. The van der Waals surface area contributed by atoms with Crippen LogP contribution in [0.4, 0.5) is 0 Å². The van der Waals surface area contributed by atoms with E-state index >= 15 is 0 Å². The Bertz CT molecular complexity index is 240. The summed E-state index contributed by atoms with van der Waals surface area (Å²) in [5.41, 5.74) is 0. The predicted molar refractivity (Wildman–Crippen MR) is 52.3 cm³/mol. The number of rotatable bonds is 2. The topological polar surface area (TPSA) is 54.0 Å². The van der Waals surface area contributed by atoms with Gasteiger partial charge in [0.25, 0.3) is 0 Å². The first-order valence-electron chi connectivity index (χ1n) is 4.56. The number of carbonyl (C=O) groups excluding carboxylic acids is 1. The number of hydrogen-bond donors (Lipinski definition) is 0. The van der Waals surface area contributed by atoms with Crippen LogP contribution in [0.25, 0.3) is 0 Å². The van der Waals surface area contributed by atoms with E-state index in [1.54, 1.807) is 13.8 Å². The molecule has 0 amide bonds. The van der Waals surface area contributed by atoms with Gasteiger partial charge < -0.3 is 23.7 Å². The number of carbonyl (C=O) groups is 1. The van der Waals surface area contributed by atoms with Crippen molar-refractivity contribution in [2.45, 2.75) is 51.7 Å². The predicted octanol–water partition coefficient (Wildman–Crippen LogP) is 0.713. The van der Waals surface area contributed by atoms with E-state index in [0.29, 0.717) is 0 Å². The third-order valence-corrected chi connectivity index (χ3v) is 2.41. The molecule has 2 fully saturated rings. The molecule has 0 bridgehead atoms. The molecule has 2 aliphatic rings. The molecule has 0 aromatic rings. The van der Waals surface area contributed by atoms with Crippen LogP contribution >= 0.6 is 0 Å². The first-order chi connectivity index (χ1) is 6.57. The summed E-state index contributed by atoms with van der Waals surface area (Å²) < 4.78 is 21.5. The van der Waals surface area contributed by atoms with Crippen molar-refractivity contribution in [2.75, 3.05) is 7.11 Å². The molecule has 0 aromatic heterocycles. The smallest absolute Gasteiger partial charge is 0.187 e. The zero-order valence-electron chi connectivity index (χ0n) is 8.43. The maximum atomic E-state index is 10.7. The van der Waals surface area contributed by atoms with Gasteiger partial charge in [-0.1, -0.05) is 7.43 Å². The number of ether oxygens (including phenoxy) is 4. The molecule has 5 heteroatoms. The lowest BCUT2D eigenvalue weighted by molar-refractivity contribution is -0.223. The van der Waals surface area contributed by atoms with Gasteiger partial charge >= 0.3 is 0 Å². The van der Waals surface area contributed by atoms with Gasteiger partial charge in [-0.05, 0) is 13.8 Å². The third kappa shape index (κ3) is 2.06. The van der Waals surface area contributed by atoms with Crippen molar-refractivity contribution >= 4 is 6.29 Å². The van der Waals surface area contributed by atoms with Gasteiger partial charge in [-0.25, -0.2) is 0 Å². The summed E-state index contributed by atoms with van der Waals surface area (Å²) in [5, 5.41) is 0. The van der Waals surface area contributed by atoms with Gasteiger partial charge in [0.2, 0.25) is 0 Å². The zero-order valence-corrected chi connectivity index (χ0v) is 8.43. The van der Waals surface area contributed by atoms with E-state index in [1.165, 1.54) is 7.11 Å². The summed E-state index contributed by atoms with van der Waals surface area (Å²) in [5.74, 6) is -0.669. The average Bonchev–Trinajstić information content (AvgIpc) is 2.57. The van der Waals surface area contributed by atoms with Crippen LogP contribution in [0.5, 0.6) is 0 Å². The van der Waals surface area contributed by atoms with E-state index in [4.69, 9.17) is 18.9 Å². The van der Waals surface area contributed by atoms with Gasteiger partial charge in [-0.2, -0.15) is 0 Å². The van der Waals surface area contributed by atoms with Crippen molar-refractivity contribution in [1.82, 2.24) is 0 Å². The molecule has 15 heavy (non-hydrogen) atoms. The molecular formula is C10H18O5. The largest absolute Gasteiger partial charge is 0.353 e. The van der Waals surface area contributed by atoms with Crippen molar-refractivity contribution in [2.24, 2.45) is 0 Å². The minimum atomic E-state index is -0.669. The van der Waals surface area contributed by atoms with E-state index < -0.39 is 18.2 Å². The maximum Gasteiger partial charge on any atom is 0.187 e. The summed E-state index contributed by atoms with van der Waals surface area (Å²) in [6, 6.07) is 0. The van der Waals surface area contributed by atoms with Gasteiger partial charge in [-0.3, -0.25) is 0 Å². The molecule has 0 saturated carbocycles. The molecular weight excluding hydrogens is 200 g/mol. The Morgan fingerprint density at radius 3 is 2.40 bits per heavy atom. The normalized spacial score (nSPS) is 42.1. The zero-order chi connectivity index (χ0) is 10.3. The summed E-state index contributed by atoms with van der Waals surface area (Å²) in [4.78, 5) is 10.7. The van der Waals surface area contributed by atoms with Crippen LogP contribution in [0.3, 0.4) is 0 Å². The van der Waals surface area contributed by atoms with Gasteiger partial charge in [-0.15, -0.1) is 0 Å². The number of methoxy groups -OCH3 is 1. The number of hydrogen-bond acceptors (Lipinski definition) is 5. The molecule has 0 spiro atoms. The lowest BCUT2D eigenvalue weighted by Crippen LogP contribution is -2.30. The fourth-order valence-electron chi connectivity index (χ4n) is 1.89. The highest BCUT2D eigenvalue weighted by molar-refractivity contribution is 5.58. The molecule has 4 atom stereocenters. The highest BCUT2D eigenvalue weighted by Crippen LogP contribution is 2.38. The molecule has 5 nitrogen and oxygen atoms in total. The van der Waals surface area contributed by atoms with Crippen LogP contribution in [0.15, 0.2) is 0 Å². The molecule has 2 heterocycles. The molecule has 0 aliphatic carbocycles. The van der Waals surface area contributed by atoms with Crippen molar-refractivity contribution in [3.63, 3.8) is 0 Å². The molecule has 0 aromatic carbocycles. The van der Waals surface area contributed by atoms with Crippen LogP contribution in [-0.2, 0) is 23.7 Å². The standard InChI is InChI=1S/C9H14O5.CH4/c1-9(2)13-6-5(4-10)12-8(11-3)7(6)14-9;/h4-8H,1-3H3;1H4. The molecule has 0 radical (unpaired) electrons. The molecule has 0 N–H and O–H groups in total. The van der Waals surface area contributed by atoms with E-state index in [0.717, 1.165) is 6.29 Å². The summed E-state index contributed by atoms with van der Waals surface area (Å²) >= 11 is 0. The molecule has 88 valence electrons. The Morgan fingerprint density at radius 2 is 1.87 bits per heavy atom. The van der Waals surface area contributed by atoms with Crippen LogP contribution in [0, 0.1) is 0 Å². The van der Waals surface area contributed by atoms with Crippen LogP contribution < -0.4 is 0 Å². The fourth-order valence-corrected chi connectivity index (χ4v) is 1.89. The second kappa shape index (κ2) is 4.17. The van der Waals surface area contributed by atoms with E-state index in [1.807, 2.05) is 0 Å². The van der Waals surface area contributed by atoms with E-state index in [2.05, 4.69) is 0 Å². The van der Waals surface area contributed by atoms with Crippen molar-refractivity contribution < 1.29 is 23.7 Å². The van der Waals surface area contributed by atoms with Crippen LogP contribution in [-0.4, -0.2) is 43.8 Å². The Hall–Kier alpha value is -0.490. The highest BCUT2D eigenvalue weighted by atomic mass is 16.8. The Balaban J connectivity index is 0.00000112. The lowest BCUT2D eigenvalue weighted by atomic mass is 10.1. The van der Waals surface area contributed by atoms with E-state index in [-0.39, 0.29) is 19.6 Å². The number of fused-ring (bicyclic) bond motifs is 1. The van der Waals surface area contributed by atoms with Crippen LogP contribution in [0.2, 0.25) is 0 Å². The number of aldehydes is 1. The summed E-state index contributed by atoms with van der Waals surface area (Å²) in [6.45, 7) is 3.61. The quantitative estimate of drug-likeness (QED) is 0.639. The molecule has 2 aliphatic heterocycles. The monoisotopic (exact) mass is 218 g/mol. The Kier molecular flexibility index (Phi) is 3.50. The highest BCUT2D eigenvalue weighted by Gasteiger charge is 2.55. The van der Waals surface area contributed by atoms with Crippen molar-refractivity contribution in [3.8, 4) is 0 Å². The fraction of sp³-hybridized carbons (Fsp3) is 0.900. The first kappa shape index (κ1) is 12.6. The third-order valence-electron chi connectivity index (χ3n) is 2.41. The first-order valence-corrected chi connectivity index (χ1v) is 4.56. The Morgan fingerprint density at radius 1 is 1.27 bits per heavy atom. The molecule has 4 unspecified atom stereocenters. The molecule has 2 rings (SSSR count).